The Morgan fingerprint density at radius 2 is 1.05 bits per heavy atom. The van der Waals surface area contributed by atoms with Gasteiger partial charge < -0.3 is 19.6 Å². The summed E-state index contributed by atoms with van der Waals surface area (Å²) in [5, 5.41) is 0.884. The Morgan fingerprint density at radius 3 is 1.40 bits per heavy atom. The van der Waals surface area contributed by atoms with E-state index in [1.165, 1.54) is 6.08 Å². The Hall–Kier alpha value is -2.67. The first-order chi connectivity index (χ1) is 18.3. The second-order valence-corrected chi connectivity index (χ2v) is 13.7. The molecule has 4 N–H and O–H groups in total. The molecule has 0 atom stereocenters. The first-order valence-corrected chi connectivity index (χ1v) is 15.9. The van der Waals surface area contributed by atoms with Crippen molar-refractivity contribution in [2.75, 3.05) is 0 Å². The van der Waals surface area contributed by atoms with Crippen LogP contribution in [0, 0.1) is 0 Å². The molecule has 3 rings (SSSR count). The van der Waals surface area contributed by atoms with Crippen LogP contribution < -0.4 is 0 Å². The van der Waals surface area contributed by atoms with Gasteiger partial charge in [0.05, 0.1) is 0 Å². The van der Waals surface area contributed by atoms with Gasteiger partial charge in [-0.15, -0.1) is 0 Å². The van der Waals surface area contributed by atoms with E-state index in [0.717, 1.165) is 58.2 Å². The van der Waals surface area contributed by atoms with E-state index in [1.54, 1.807) is 30.3 Å². The Kier molecular flexibility index (Phi) is 9.29. The minimum atomic E-state index is -5.82. The van der Waals surface area contributed by atoms with Crippen LogP contribution in [0.5, 0.6) is 0 Å². The lowest BCUT2D eigenvalue weighted by molar-refractivity contribution is 0.0564. The average Bonchev–Trinajstić information content (AvgIpc) is 2.87. The maximum absolute atomic E-state index is 14.0. The van der Waals surface area contributed by atoms with Crippen molar-refractivity contribution < 1.29 is 54.7 Å². The topological polar surface area (TPSA) is 152 Å². The summed E-state index contributed by atoms with van der Waals surface area (Å²) in [6, 6.07) is 15.6. The molecule has 0 aliphatic carbocycles. The Bertz CT molecular complexity index is 1480. The zero-order valence-corrected chi connectivity index (χ0v) is 22.9. The summed E-state index contributed by atoms with van der Waals surface area (Å²) in [7, 11) is -15.9. The molecular formula is C24H23F4NO8P2S. The highest BCUT2D eigenvalue weighted by molar-refractivity contribution is 7.92. The van der Waals surface area contributed by atoms with Gasteiger partial charge in [-0.1, -0.05) is 78.9 Å². The van der Waals surface area contributed by atoms with Crippen LogP contribution in [0.3, 0.4) is 0 Å². The molecule has 0 spiro atoms. The van der Waals surface area contributed by atoms with Gasteiger partial charge in [-0.2, -0.15) is 21.9 Å². The fourth-order valence-corrected chi connectivity index (χ4v) is 5.55. The highest BCUT2D eigenvalue weighted by Crippen LogP contribution is 2.60. The molecule has 3 aromatic rings. The molecule has 16 heteroatoms. The quantitative estimate of drug-likeness (QED) is 0.169. The predicted octanol–water partition coefficient (Wildman–Crippen LogP) is 5.14. The maximum Gasteiger partial charge on any atom is 0.399 e. The monoisotopic (exact) mass is 623 g/mol. The van der Waals surface area contributed by atoms with Crippen LogP contribution in [-0.4, -0.2) is 32.3 Å². The van der Waals surface area contributed by atoms with Gasteiger partial charge in [0.2, 0.25) is 10.0 Å². The molecule has 0 saturated heterocycles. The number of sulfonamides is 1. The van der Waals surface area contributed by atoms with E-state index >= 15 is 0 Å². The molecule has 0 amide bonds. The van der Waals surface area contributed by atoms with Gasteiger partial charge in [-0.05, 0) is 22.8 Å². The molecule has 0 saturated carbocycles. The van der Waals surface area contributed by atoms with Gasteiger partial charge in [-0.25, -0.2) is 8.42 Å². The largest absolute Gasteiger partial charge is 0.399 e. The number of hydrogen-bond donors (Lipinski definition) is 4. The highest BCUT2D eigenvalue weighted by Gasteiger charge is 2.51. The zero-order valence-electron chi connectivity index (χ0n) is 20.3. The zero-order chi connectivity index (χ0) is 30.0. The van der Waals surface area contributed by atoms with Gasteiger partial charge in [0.15, 0.2) is 0 Å². The molecule has 40 heavy (non-hydrogen) atoms. The van der Waals surface area contributed by atoms with Crippen molar-refractivity contribution in [3.05, 3.63) is 112 Å². The molecule has 0 aromatic heterocycles. The molecule has 0 unspecified atom stereocenters. The van der Waals surface area contributed by atoms with Gasteiger partial charge in [0.1, 0.15) is 0 Å². The molecule has 216 valence electrons. The Morgan fingerprint density at radius 1 is 0.675 bits per heavy atom. The van der Waals surface area contributed by atoms with Gasteiger partial charge in [0, 0.05) is 29.6 Å². The Labute approximate surface area is 226 Å². The molecule has 0 radical (unpaired) electrons. The molecule has 0 bridgehead atoms. The van der Waals surface area contributed by atoms with E-state index in [2.05, 4.69) is 0 Å². The van der Waals surface area contributed by atoms with Crippen LogP contribution in [0.2, 0.25) is 0 Å². The second kappa shape index (κ2) is 11.7. The summed E-state index contributed by atoms with van der Waals surface area (Å²) in [6.07, 6.45) is 1.30. The van der Waals surface area contributed by atoms with E-state index in [9.17, 15) is 35.1 Å². The first-order valence-electron chi connectivity index (χ1n) is 11.1. The van der Waals surface area contributed by atoms with E-state index < -0.39 is 60.8 Å². The lowest BCUT2D eigenvalue weighted by Gasteiger charge is -2.22. The average molecular weight is 623 g/mol. The summed E-state index contributed by atoms with van der Waals surface area (Å²) in [5.74, 6) is 0. The van der Waals surface area contributed by atoms with Crippen LogP contribution in [0.25, 0.3) is 6.08 Å². The maximum atomic E-state index is 14.0. The van der Waals surface area contributed by atoms with E-state index in [0.29, 0.717) is 5.56 Å². The third-order valence-corrected chi connectivity index (χ3v) is 9.08. The summed E-state index contributed by atoms with van der Waals surface area (Å²) in [6.45, 7) is -0.826. The van der Waals surface area contributed by atoms with Crippen molar-refractivity contribution in [2.45, 2.75) is 24.4 Å². The molecule has 0 heterocycles. The van der Waals surface area contributed by atoms with Crippen molar-refractivity contribution in [3.8, 4) is 0 Å². The number of benzene rings is 3. The molecule has 0 fully saturated rings. The Balaban J connectivity index is 1.94. The van der Waals surface area contributed by atoms with E-state index in [-0.39, 0.29) is 11.1 Å². The fourth-order valence-electron chi connectivity index (χ4n) is 3.42. The van der Waals surface area contributed by atoms with Crippen molar-refractivity contribution >= 4 is 31.3 Å². The molecule has 9 nitrogen and oxygen atoms in total. The molecule has 0 aliphatic heterocycles. The second-order valence-electron chi connectivity index (χ2n) is 8.59. The summed E-state index contributed by atoms with van der Waals surface area (Å²) >= 11 is 0. The van der Waals surface area contributed by atoms with Gasteiger partial charge in [0.25, 0.3) is 0 Å². The normalized spacial score (nSPS) is 13.7. The van der Waals surface area contributed by atoms with Crippen molar-refractivity contribution in [1.82, 2.24) is 4.31 Å². The first kappa shape index (κ1) is 31.9. The summed E-state index contributed by atoms with van der Waals surface area (Å²) < 4.78 is 106. The number of halogens is 4. The fraction of sp³-hybridized carbons (Fsp3) is 0.167. The highest BCUT2D eigenvalue weighted by atomic mass is 32.2. The summed E-state index contributed by atoms with van der Waals surface area (Å²) in [4.78, 5) is 35.7. The summed E-state index contributed by atoms with van der Waals surface area (Å²) in [5.41, 5.74) is -10.0. The lowest BCUT2D eigenvalue weighted by atomic mass is 10.1. The van der Waals surface area contributed by atoms with E-state index in [4.69, 9.17) is 19.6 Å². The van der Waals surface area contributed by atoms with Crippen LogP contribution >= 0.6 is 15.2 Å². The number of alkyl halides is 4. The third-order valence-electron chi connectivity index (χ3n) is 5.64. The smallest absolute Gasteiger partial charge is 0.320 e. The van der Waals surface area contributed by atoms with Crippen LogP contribution in [0.15, 0.2) is 84.3 Å². The molecule has 0 aliphatic rings. The van der Waals surface area contributed by atoms with Crippen molar-refractivity contribution in [1.29, 1.82) is 0 Å². The standard InChI is InChI=1S/C24H23F4NO8P2S/c25-23(26,38(30,31)32)21-10-6-19(7-11-21)16-29(40(36,37)15-14-18-4-2-1-3-5-18)17-20-8-12-22(13-9-20)24(27,28)39(33,34)35/h1-15H,16-17H2,(H2,30,31,32)(H2,33,34,35)/b15-14+. The van der Waals surface area contributed by atoms with Crippen LogP contribution in [-0.2, 0) is 43.6 Å². The number of rotatable bonds is 11. The van der Waals surface area contributed by atoms with Crippen molar-refractivity contribution in [3.63, 3.8) is 0 Å². The minimum absolute atomic E-state index is 0.159. The predicted molar refractivity (Wildman–Crippen MR) is 138 cm³/mol. The van der Waals surface area contributed by atoms with Gasteiger partial charge >= 0.3 is 26.5 Å². The molecule has 3 aromatic carbocycles. The van der Waals surface area contributed by atoms with Crippen LogP contribution in [0.4, 0.5) is 17.6 Å². The number of nitrogens with zero attached hydrogens (tertiary/aromatic N) is 1. The SMILES string of the molecule is O=P(O)(O)C(F)(F)c1ccc(CN(Cc2ccc(C(F)(F)P(=O)(O)O)cc2)S(=O)(=O)/C=C/c2ccccc2)cc1. The molecular weight excluding hydrogens is 600 g/mol. The van der Waals surface area contributed by atoms with Crippen LogP contribution in [0.1, 0.15) is 27.8 Å². The van der Waals surface area contributed by atoms with Crippen molar-refractivity contribution in [2.24, 2.45) is 0 Å². The lowest BCUT2D eigenvalue weighted by Crippen LogP contribution is -2.28. The minimum Gasteiger partial charge on any atom is -0.320 e. The number of hydrogen-bond acceptors (Lipinski definition) is 4. The van der Waals surface area contributed by atoms with E-state index in [1.807, 2.05) is 0 Å². The third kappa shape index (κ3) is 7.34. The van der Waals surface area contributed by atoms with Gasteiger partial charge in [-0.3, -0.25) is 9.13 Å².